The van der Waals surface area contributed by atoms with Gasteiger partial charge in [-0.1, -0.05) is 61.8 Å². The van der Waals surface area contributed by atoms with Gasteiger partial charge in [0.2, 0.25) is 0 Å². The van der Waals surface area contributed by atoms with Gasteiger partial charge in [-0.25, -0.2) is 0 Å². The second-order valence-corrected chi connectivity index (χ2v) is 9.68. The molecule has 0 spiro atoms. The van der Waals surface area contributed by atoms with Crippen molar-refractivity contribution in [1.29, 1.82) is 0 Å². The van der Waals surface area contributed by atoms with Gasteiger partial charge in [0.15, 0.2) is 0 Å². The van der Waals surface area contributed by atoms with Crippen LogP contribution in [0.2, 0.25) is 0 Å². The lowest BCUT2D eigenvalue weighted by Gasteiger charge is -2.30. The van der Waals surface area contributed by atoms with Gasteiger partial charge in [-0.2, -0.15) is 0 Å². The van der Waals surface area contributed by atoms with Crippen molar-refractivity contribution >= 4 is 15.9 Å². The zero-order chi connectivity index (χ0) is 19.6. The van der Waals surface area contributed by atoms with Crippen molar-refractivity contribution in [2.24, 2.45) is 11.3 Å². The van der Waals surface area contributed by atoms with E-state index in [9.17, 15) is 0 Å². The van der Waals surface area contributed by atoms with Gasteiger partial charge < -0.3 is 9.47 Å². The van der Waals surface area contributed by atoms with Crippen LogP contribution in [0, 0.1) is 11.3 Å². The van der Waals surface area contributed by atoms with Crippen molar-refractivity contribution in [2.45, 2.75) is 59.2 Å². The van der Waals surface area contributed by atoms with E-state index in [2.05, 4.69) is 86.1 Å². The van der Waals surface area contributed by atoms with Gasteiger partial charge in [0, 0.05) is 11.6 Å². The molecule has 2 aromatic rings. The summed E-state index contributed by atoms with van der Waals surface area (Å²) < 4.78 is 13.0. The largest absolute Gasteiger partial charge is 0.489 e. The monoisotopic (exact) mass is 430 g/mol. The van der Waals surface area contributed by atoms with Crippen LogP contribution in [0.4, 0.5) is 0 Å². The van der Waals surface area contributed by atoms with Crippen molar-refractivity contribution in [3.8, 4) is 5.75 Å². The predicted octanol–water partition coefficient (Wildman–Crippen LogP) is 7.28. The van der Waals surface area contributed by atoms with Gasteiger partial charge in [-0.15, -0.1) is 0 Å². The van der Waals surface area contributed by atoms with Crippen molar-refractivity contribution in [3.63, 3.8) is 0 Å². The normalized spacial score (nSPS) is 16.8. The summed E-state index contributed by atoms with van der Waals surface area (Å²) in [6.45, 7) is 9.48. The van der Waals surface area contributed by atoms with Gasteiger partial charge in [0.05, 0.1) is 6.10 Å². The molecule has 3 rings (SSSR count). The molecule has 0 saturated heterocycles. The number of halogens is 1. The average molecular weight is 431 g/mol. The van der Waals surface area contributed by atoms with E-state index < -0.39 is 0 Å². The molecule has 1 aliphatic carbocycles. The molecule has 0 unspecified atom stereocenters. The molecular formula is C24H31BrO2. The minimum atomic E-state index is 0.0179. The third kappa shape index (κ3) is 5.14. The highest BCUT2D eigenvalue weighted by Gasteiger charge is 2.29. The molecule has 0 radical (unpaired) electrons. The SMILES string of the molecule is CO[C@H](c1cc(COc2cccc([C@@H](C)C3CC3)c2)ccc1Br)C(C)(C)C. The molecule has 0 aliphatic heterocycles. The molecular weight excluding hydrogens is 400 g/mol. The minimum Gasteiger partial charge on any atom is -0.489 e. The molecule has 146 valence electrons. The van der Waals surface area contributed by atoms with Crippen LogP contribution >= 0.6 is 15.9 Å². The fraction of sp³-hybridized carbons (Fsp3) is 0.500. The van der Waals surface area contributed by atoms with Crippen LogP contribution in [0.25, 0.3) is 0 Å². The van der Waals surface area contributed by atoms with Crippen LogP contribution in [-0.2, 0) is 11.3 Å². The number of ether oxygens (including phenoxy) is 2. The third-order valence-electron chi connectivity index (χ3n) is 5.48. The molecule has 0 amide bonds. The van der Waals surface area contributed by atoms with Gasteiger partial charge in [-0.3, -0.25) is 0 Å². The highest BCUT2D eigenvalue weighted by atomic mass is 79.9. The van der Waals surface area contributed by atoms with E-state index in [1.807, 2.05) is 0 Å². The molecule has 2 atom stereocenters. The molecule has 0 bridgehead atoms. The van der Waals surface area contributed by atoms with Crippen LogP contribution in [0.5, 0.6) is 5.75 Å². The maximum atomic E-state index is 6.12. The van der Waals surface area contributed by atoms with E-state index in [4.69, 9.17) is 9.47 Å². The van der Waals surface area contributed by atoms with Gasteiger partial charge in [0.1, 0.15) is 12.4 Å². The van der Waals surface area contributed by atoms with Gasteiger partial charge in [0.25, 0.3) is 0 Å². The van der Waals surface area contributed by atoms with E-state index >= 15 is 0 Å². The predicted molar refractivity (Wildman–Crippen MR) is 115 cm³/mol. The van der Waals surface area contributed by atoms with E-state index in [1.165, 1.54) is 24.0 Å². The first kappa shape index (κ1) is 20.4. The molecule has 27 heavy (non-hydrogen) atoms. The Morgan fingerprint density at radius 3 is 2.48 bits per heavy atom. The summed E-state index contributed by atoms with van der Waals surface area (Å²) in [5.41, 5.74) is 3.73. The average Bonchev–Trinajstić information content (AvgIpc) is 3.46. The summed E-state index contributed by atoms with van der Waals surface area (Å²) in [5.74, 6) is 2.43. The Labute approximate surface area is 172 Å². The van der Waals surface area contributed by atoms with Crippen molar-refractivity contribution in [1.82, 2.24) is 0 Å². The van der Waals surface area contributed by atoms with Crippen LogP contribution < -0.4 is 4.74 Å². The molecule has 0 N–H and O–H groups in total. The minimum absolute atomic E-state index is 0.0179. The lowest BCUT2D eigenvalue weighted by molar-refractivity contribution is 0.0146. The summed E-state index contributed by atoms with van der Waals surface area (Å²) in [6.07, 6.45) is 2.75. The molecule has 0 aromatic heterocycles. The molecule has 1 saturated carbocycles. The van der Waals surface area contributed by atoms with Crippen molar-refractivity contribution < 1.29 is 9.47 Å². The summed E-state index contributed by atoms with van der Waals surface area (Å²) in [5, 5.41) is 0. The highest BCUT2D eigenvalue weighted by Crippen LogP contribution is 2.43. The van der Waals surface area contributed by atoms with Crippen molar-refractivity contribution in [3.05, 3.63) is 63.6 Å². The van der Waals surface area contributed by atoms with E-state index in [0.717, 1.165) is 21.7 Å². The lowest BCUT2D eigenvalue weighted by Crippen LogP contribution is -2.20. The first-order chi connectivity index (χ1) is 12.8. The number of methoxy groups -OCH3 is 1. The molecule has 1 aliphatic rings. The second-order valence-electron chi connectivity index (χ2n) is 8.82. The molecule has 0 heterocycles. The Kier molecular flexibility index (Phi) is 6.32. The topological polar surface area (TPSA) is 18.5 Å². The van der Waals surface area contributed by atoms with Gasteiger partial charge >= 0.3 is 0 Å². The smallest absolute Gasteiger partial charge is 0.120 e. The second kappa shape index (κ2) is 8.36. The molecule has 2 nitrogen and oxygen atoms in total. The van der Waals surface area contributed by atoms with E-state index in [1.54, 1.807) is 7.11 Å². The molecule has 3 heteroatoms. The van der Waals surface area contributed by atoms with Crippen LogP contribution in [0.15, 0.2) is 46.9 Å². The number of hydrogen-bond acceptors (Lipinski definition) is 2. The maximum absolute atomic E-state index is 6.12. The Morgan fingerprint density at radius 1 is 1.11 bits per heavy atom. The van der Waals surface area contributed by atoms with E-state index in [-0.39, 0.29) is 11.5 Å². The van der Waals surface area contributed by atoms with Crippen LogP contribution in [0.3, 0.4) is 0 Å². The fourth-order valence-corrected chi connectivity index (χ4v) is 4.21. The molecule has 1 fully saturated rings. The Balaban J connectivity index is 1.73. The first-order valence-corrected chi connectivity index (χ1v) is 10.6. The summed E-state index contributed by atoms with van der Waals surface area (Å²) >= 11 is 3.68. The first-order valence-electron chi connectivity index (χ1n) is 9.83. The van der Waals surface area contributed by atoms with Gasteiger partial charge in [-0.05, 0) is 71.0 Å². The number of hydrogen-bond donors (Lipinski definition) is 0. The lowest BCUT2D eigenvalue weighted by atomic mass is 9.84. The Bertz CT molecular complexity index is 774. The summed E-state index contributed by atoms with van der Waals surface area (Å²) in [4.78, 5) is 0. The summed E-state index contributed by atoms with van der Waals surface area (Å²) in [7, 11) is 1.78. The fourth-order valence-electron chi connectivity index (χ4n) is 3.75. The zero-order valence-electron chi connectivity index (χ0n) is 17.1. The highest BCUT2D eigenvalue weighted by molar-refractivity contribution is 9.10. The third-order valence-corrected chi connectivity index (χ3v) is 6.21. The zero-order valence-corrected chi connectivity index (χ0v) is 18.7. The summed E-state index contributed by atoms with van der Waals surface area (Å²) in [6, 6.07) is 15.0. The van der Waals surface area contributed by atoms with Crippen LogP contribution in [0.1, 0.15) is 69.2 Å². The quantitative estimate of drug-likeness (QED) is 0.459. The van der Waals surface area contributed by atoms with E-state index in [0.29, 0.717) is 12.5 Å². The Hall–Kier alpha value is -1.32. The number of rotatable bonds is 7. The molecule has 2 aromatic carbocycles. The van der Waals surface area contributed by atoms with Crippen molar-refractivity contribution in [2.75, 3.05) is 7.11 Å². The maximum Gasteiger partial charge on any atom is 0.120 e. The Morgan fingerprint density at radius 2 is 1.85 bits per heavy atom. The standard InChI is InChI=1S/C24H31BrO2/c1-16(18-10-11-18)19-7-6-8-20(14-19)27-15-17-9-12-22(25)21(13-17)23(26-5)24(2,3)4/h6-9,12-14,16,18,23H,10-11,15H2,1-5H3/t16-,23+/m0/s1. The van der Waals surface area contributed by atoms with Crippen LogP contribution in [-0.4, -0.2) is 7.11 Å². The number of benzene rings is 2.